The highest BCUT2D eigenvalue weighted by atomic mass is 16.2. The first-order chi connectivity index (χ1) is 7.61. The zero-order valence-corrected chi connectivity index (χ0v) is 10.1. The van der Waals surface area contributed by atoms with Crippen LogP contribution in [-0.2, 0) is 4.79 Å². The summed E-state index contributed by atoms with van der Waals surface area (Å²) in [6.45, 7) is 3.75. The van der Waals surface area contributed by atoms with E-state index in [4.69, 9.17) is 5.73 Å². The SMILES string of the molecule is CCCC1(N)CN(C(=O)C2CC3CC3C2)C1. The van der Waals surface area contributed by atoms with Crippen molar-refractivity contribution in [3.63, 3.8) is 0 Å². The quantitative estimate of drug-likeness (QED) is 0.784. The molecule has 2 N–H and O–H groups in total. The van der Waals surface area contributed by atoms with Crippen molar-refractivity contribution in [3.05, 3.63) is 0 Å². The lowest BCUT2D eigenvalue weighted by atomic mass is 9.85. The number of hydrogen-bond acceptors (Lipinski definition) is 2. The third kappa shape index (κ3) is 1.65. The highest BCUT2D eigenvalue weighted by Gasteiger charge is 2.51. The smallest absolute Gasteiger partial charge is 0.225 e. The molecule has 1 amide bonds. The molecule has 0 aromatic rings. The molecule has 2 unspecified atom stereocenters. The van der Waals surface area contributed by atoms with Crippen LogP contribution in [0.25, 0.3) is 0 Å². The standard InChI is InChI=1S/C13H22N2O/c1-2-3-13(14)7-15(8-13)12(16)11-5-9-4-10(9)6-11/h9-11H,2-8,14H2,1H3. The molecule has 0 radical (unpaired) electrons. The highest BCUT2D eigenvalue weighted by molar-refractivity contribution is 5.80. The summed E-state index contributed by atoms with van der Waals surface area (Å²) in [5.41, 5.74) is 6.12. The molecule has 0 bridgehead atoms. The van der Waals surface area contributed by atoms with Gasteiger partial charge in [-0.25, -0.2) is 0 Å². The van der Waals surface area contributed by atoms with Crippen LogP contribution in [0.4, 0.5) is 0 Å². The van der Waals surface area contributed by atoms with E-state index in [9.17, 15) is 4.79 Å². The molecule has 0 spiro atoms. The normalized spacial score (nSPS) is 39.1. The molecule has 3 heteroatoms. The third-order valence-electron chi connectivity index (χ3n) is 4.66. The van der Waals surface area contributed by atoms with Gasteiger partial charge in [0.2, 0.25) is 5.91 Å². The van der Waals surface area contributed by atoms with E-state index in [2.05, 4.69) is 6.92 Å². The van der Waals surface area contributed by atoms with Crippen molar-refractivity contribution < 1.29 is 4.79 Å². The second kappa shape index (κ2) is 3.46. The second-order valence-electron chi connectivity index (χ2n) is 6.23. The van der Waals surface area contributed by atoms with Gasteiger partial charge in [0.15, 0.2) is 0 Å². The summed E-state index contributed by atoms with van der Waals surface area (Å²) in [5, 5.41) is 0. The van der Waals surface area contributed by atoms with Gasteiger partial charge >= 0.3 is 0 Å². The molecule has 2 saturated carbocycles. The first-order valence-corrected chi connectivity index (χ1v) is 6.69. The average Bonchev–Trinajstić information content (AvgIpc) is 2.81. The summed E-state index contributed by atoms with van der Waals surface area (Å²) >= 11 is 0. The maximum atomic E-state index is 12.2. The molecular weight excluding hydrogens is 200 g/mol. The fraction of sp³-hybridized carbons (Fsp3) is 0.923. The number of rotatable bonds is 3. The van der Waals surface area contributed by atoms with E-state index < -0.39 is 0 Å². The minimum Gasteiger partial charge on any atom is -0.339 e. The Kier molecular flexibility index (Phi) is 2.29. The van der Waals surface area contributed by atoms with E-state index in [0.29, 0.717) is 11.8 Å². The zero-order chi connectivity index (χ0) is 11.3. The molecule has 3 rings (SSSR count). The Morgan fingerprint density at radius 2 is 1.94 bits per heavy atom. The lowest BCUT2D eigenvalue weighted by molar-refractivity contribution is -0.143. The van der Waals surface area contributed by atoms with Crippen LogP contribution in [0.15, 0.2) is 0 Å². The number of hydrogen-bond donors (Lipinski definition) is 1. The molecule has 1 saturated heterocycles. The van der Waals surface area contributed by atoms with Crippen LogP contribution >= 0.6 is 0 Å². The molecule has 3 nitrogen and oxygen atoms in total. The van der Waals surface area contributed by atoms with Crippen molar-refractivity contribution >= 4 is 5.91 Å². The van der Waals surface area contributed by atoms with E-state index in [1.54, 1.807) is 0 Å². The van der Waals surface area contributed by atoms with Crippen LogP contribution in [-0.4, -0.2) is 29.4 Å². The summed E-state index contributed by atoms with van der Waals surface area (Å²) in [4.78, 5) is 14.1. The number of fused-ring (bicyclic) bond motifs is 1. The van der Waals surface area contributed by atoms with Crippen LogP contribution < -0.4 is 5.73 Å². The van der Waals surface area contributed by atoms with Crippen LogP contribution in [0.5, 0.6) is 0 Å². The van der Waals surface area contributed by atoms with Crippen molar-refractivity contribution in [1.82, 2.24) is 4.90 Å². The first kappa shape index (κ1) is 10.6. The number of likely N-dealkylation sites (tertiary alicyclic amines) is 1. The van der Waals surface area contributed by atoms with E-state index in [1.165, 1.54) is 6.42 Å². The van der Waals surface area contributed by atoms with E-state index >= 15 is 0 Å². The Bertz CT molecular complexity index is 299. The van der Waals surface area contributed by atoms with Gasteiger partial charge in [-0.05, 0) is 37.5 Å². The summed E-state index contributed by atoms with van der Waals surface area (Å²) in [6.07, 6.45) is 5.87. The molecule has 90 valence electrons. The Morgan fingerprint density at radius 3 is 2.50 bits per heavy atom. The topological polar surface area (TPSA) is 46.3 Å². The van der Waals surface area contributed by atoms with Gasteiger partial charge in [0, 0.05) is 19.0 Å². The second-order valence-corrected chi connectivity index (χ2v) is 6.23. The van der Waals surface area contributed by atoms with Gasteiger partial charge < -0.3 is 10.6 Å². The Hall–Kier alpha value is -0.570. The van der Waals surface area contributed by atoms with Gasteiger partial charge in [0.05, 0.1) is 5.54 Å². The number of carbonyl (C=O) groups is 1. The molecule has 1 aliphatic heterocycles. The molecule has 1 heterocycles. The molecule has 3 aliphatic rings. The maximum Gasteiger partial charge on any atom is 0.225 e. The predicted molar refractivity (Wildman–Crippen MR) is 62.7 cm³/mol. The van der Waals surface area contributed by atoms with Gasteiger partial charge in [0.1, 0.15) is 0 Å². The van der Waals surface area contributed by atoms with Crippen molar-refractivity contribution in [2.24, 2.45) is 23.5 Å². The molecule has 2 aliphatic carbocycles. The van der Waals surface area contributed by atoms with E-state index in [1.807, 2.05) is 4.90 Å². The number of nitrogens with two attached hydrogens (primary N) is 1. The fourth-order valence-electron chi connectivity index (χ4n) is 3.70. The Morgan fingerprint density at radius 1 is 1.31 bits per heavy atom. The number of nitrogens with zero attached hydrogens (tertiary/aromatic N) is 1. The van der Waals surface area contributed by atoms with Crippen LogP contribution in [0.1, 0.15) is 39.0 Å². The van der Waals surface area contributed by atoms with Gasteiger partial charge in [-0.2, -0.15) is 0 Å². The molecular formula is C13H22N2O. The van der Waals surface area contributed by atoms with Crippen molar-refractivity contribution in [2.45, 2.75) is 44.6 Å². The molecule has 3 fully saturated rings. The predicted octanol–water partition coefficient (Wildman–Crippen LogP) is 1.37. The van der Waals surface area contributed by atoms with Crippen molar-refractivity contribution in [2.75, 3.05) is 13.1 Å². The van der Waals surface area contributed by atoms with Gasteiger partial charge in [-0.3, -0.25) is 4.79 Å². The van der Waals surface area contributed by atoms with E-state index in [-0.39, 0.29) is 5.54 Å². The summed E-state index contributed by atoms with van der Waals surface area (Å²) in [7, 11) is 0. The lowest BCUT2D eigenvalue weighted by Crippen LogP contribution is -2.69. The average molecular weight is 222 g/mol. The van der Waals surface area contributed by atoms with Gasteiger partial charge in [-0.1, -0.05) is 13.3 Å². The maximum absolute atomic E-state index is 12.2. The van der Waals surface area contributed by atoms with Gasteiger partial charge in [-0.15, -0.1) is 0 Å². The molecule has 0 aromatic carbocycles. The van der Waals surface area contributed by atoms with Gasteiger partial charge in [0.25, 0.3) is 0 Å². The Balaban J connectivity index is 1.50. The monoisotopic (exact) mass is 222 g/mol. The van der Waals surface area contributed by atoms with Crippen LogP contribution in [0, 0.1) is 17.8 Å². The first-order valence-electron chi connectivity index (χ1n) is 6.69. The lowest BCUT2D eigenvalue weighted by Gasteiger charge is -2.48. The minimum absolute atomic E-state index is 0.0636. The molecule has 2 atom stereocenters. The van der Waals surface area contributed by atoms with Crippen molar-refractivity contribution in [3.8, 4) is 0 Å². The Labute approximate surface area is 97.4 Å². The van der Waals surface area contributed by atoms with Crippen LogP contribution in [0.3, 0.4) is 0 Å². The molecule has 16 heavy (non-hydrogen) atoms. The van der Waals surface area contributed by atoms with E-state index in [0.717, 1.165) is 50.6 Å². The summed E-state index contributed by atoms with van der Waals surface area (Å²) in [6, 6.07) is 0. The van der Waals surface area contributed by atoms with Crippen molar-refractivity contribution in [1.29, 1.82) is 0 Å². The number of carbonyl (C=O) groups excluding carboxylic acids is 1. The minimum atomic E-state index is -0.0636. The van der Waals surface area contributed by atoms with Crippen LogP contribution in [0.2, 0.25) is 0 Å². The summed E-state index contributed by atoms with van der Waals surface area (Å²) < 4.78 is 0. The fourth-order valence-corrected chi connectivity index (χ4v) is 3.70. The highest BCUT2D eigenvalue weighted by Crippen LogP contribution is 2.54. The largest absolute Gasteiger partial charge is 0.339 e. The number of amides is 1. The molecule has 0 aromatic heterocycles. The third-order valence-corrected chi connectivity index (χ3v) is 4.66. The summed E-state index contributed by atoms with van der Waals surface area (Å²) in [5.74, 6) is 2.53. The zero-order valence-electron chi connectivity index (χ0n) is 10.1.